The van der Waals surface area contributed by atoms with Crippen molar-refractivity contribution in [3.63, 3.8) is 0 Å². The molecule has 2 aliphatic rings. The van der Waals surface area contributed by atoms with Crippen LogP contribution in [0, 0.1) is 23.0 Å². The summed E-state index contributed by atoms with van der Waals surface area (Å²) in [5, 5.41) is 0.0650. The van der Waals surface area contributed by atoms with Gasteiger partial charge < -0.3 is 18.8 Å². The van der Waals surface area contributed by atoms with Crippen LogP contribution in [0.2, 0.25) is 18.1 Å². The molecule has 1 amide bonds. The van der Waals surface area contributed by atoms with Gasteiger partial charge in [-0.1, -0.05) is 58.9 Å². The van der Waals surface area contributed by atoms with Crippen LogP contribution in [0.3, 0.4) is 0 Å². The lowest BCUT2D eigenvalue weighted by molar-refractivity contribution is -0.312. The van der Waals surface area contributed by atoms with Gasteiger partial charge in [0.1, 0.15) is 17.4 Å². The van der Waals surface area contributed by atoms with E-state index in [4.69, 9.17) is 13.9 Å². The minimum atomic E-state index is -2.02. The molecule has 8 heteroatoms. The fourth-order valence-electron chi connectivity index (χ4n) is 5.49. The summed E-state index contributed by atoms with van der Waals surface area (Å²) in [6, 6.07) is 20.0. The number of hydrogen-bond donors (Lipinski definition) is 0. The zero-order valence-electron chi connectivity index (χ0n) is 26.2. The number of carbonyl (C=O) groups excluding carboxylic acids is 1. The minimum absolute atomic E-state index is 0.0383. The van der Waals surface area contributed by atoms with Crippen LogP contribution in [0.5, 0.6) is 5.75 Å². The predicted octanol–water partition coefficient (Wildman–Crippen LogP) is 8.76. The monoisotopic (exact) mass is 607 g/mol. The summed E-state index contributed by atoms with van der Waals surface area (Å²) < 4.78 is 46.9. The van der Waals surface area contributed by atoms with Crippen molar-refractivity contribution in [3.05, 3.63) is 95.6 Å². The molecule has 0 bridgehead atoms. The highest BCUT2D eigenvalue weighted by molar-refractivity contribution is 6.74. The SMILES string of the molecule is CC1(C)COC(CC[C@H]2C(=O)N(c3ccc(F)cc3)[C@H]2c2ccc(O[Si](C)(C)C(C)(C)C)cc2)(c2ccc(F)cc2)OC1. The summed E-state index contributed by atoms with van der Waals surface area (Å²) in [6.45, 7) is 16.1. The molecule has 5 rings (SSSR count). The smallest absolute Gasteiger partial charge is 0.250 e. The molecule has 2 atom stereocenters. The fourth-order valence-corrected chi connectivity index (χ4v) is 6.53. The molecule has 0 radical (unpaired) electrons. The van der Waals surface area contributed by atoms with Crippen LogP contribution in [0.4, 0.5) is 14.5 Å². The lowest BCUT2D eigenvalue weighted by Crippen LogP contribution is -2.56. The number of nitrogens with zero attached hydrogens (tertiary/aromatic N) is 1. The predicted molar refractivity (Wildman–Crippen MR) is 167 cm³/mol. The molecule has 5 nitrogen and oxygen atoms in total. The second-order valence-electron chi connectivity index (χ2n) is 14.2. The number of halogens is 2. The Kier molecular flexibility index (Phi) is 8.35. The van der Waals surface area contributed by atoms with Crippen molar-refractivity contribution in [2.75, 3.05) is 18.1 Å². The van der Waals surface area contributed by atoms with Crippen molar-refractivity contribution in [2.24, 2.45) is 11.3 Å². The third-order valence-electron chi connectivity index (χ3n) is 9.18. The Labute approximate surface area is 255 Å². The second kappa shape index (κ2) is 11.5. The minimum Gasteiger partial charge on any atom is -0.544 e. The largest absolute Gasteiger partial charge is 0.544 e. The maximum atomic E-state index is 13.8. The van der Waals surface area contributed by atoms with E-state index in [0.717, 1.165) is 16.9 Å². The molecule has 2 saturated heterocycles. The summed E-state index contributed by atoms with van der Waals surface area (Å²) in [5.41, 5.74) is 2.19. The van der Waals surface area contributed by atoms with Gasteiger partial charge in [-0.3, -0.25) is 4.79 Å². The van der Waals surface area contributed by atoms with Crippen LogP contribution in [0.1, 0.15) is 64.6 Å². The van der Waals surface area contributed by atoms with Crippen LogP contribution < -0.4 is 9.33 Å². The van der Waals surface area contributed by atoms with Crippen molar-refractivity contribution in [3.8, 4) is 5.75 Å². The molecule has 43 heavy (non-hydrogen) atoms. The third-order valence-corrected chi connectivity index (χ3v) is 13.5. The molecule has 0 aromatic heterocycles. The van der Waals surface area contributed by atoms with E-state index in [0.29, 0.717) is 31.7 Å². The maximum absolute atomic E-state index is 13.8. The van der Waals surface area contributed by atoms with E-state index in [1.165, 1.54) is 24.3 Å². The van der Waals surface area contributed by atoms with Gasteiger partial charge in [0.2, 0.25) is 14.2 Å². The molecule has 0 unspecified atom stereocenters. The van der Waals surface area contributed by atoms with Gasteiger partial charge in [0.15, 0.2) is 5.79 Å². The molecular formula is C35H43F2NO4Si. The summed E-state index contributed by atoms with van der Waals surface area (Å²) in [6.07, 6.45) is 0.909. The summed E-state index contributed by atoms with van der Waals surface area (Å²) in [5.74, 6) is -1.34. The fraction of sp³-hybridized carbons (Fsp3) is 0.457. The molecule has 2 fully saturated rings. The average Bonchev–Trinajstić information content (AvgIpc) is 2.94. The van der Waals surface area contributed by atoms with Crippen molar-refractivity contribution >= 4 is 19.9 Å². The van der Waals surface area contributed by atoms with Gasteiger partial charge in [0, 0.05) is 23.1 Å². The van der Waals surface area contributed by atoms with Crippen LogP contribution in [0.15, 0.2) is 72.8 Å². The van der Waals surface area contributed by atoms with Gasteiger partial charge in [-0.15, -0.1) is 0 Å². The second-order valence-corrected chi connectivity index (χ2v) is 18.9. The molecule has 3 aromatic carbocycles. The topological polar surface area (TPSA) is 48.0 Å². The van der Waals surface area contributed by atoms with Crippen molar-refractivity contribution in [1.29, 1.82) is 0 Å². The van der Waals surface area contributed by atoms with Crippen LogP contribution >= 0.6 is 0 Å². The number of ether oxygens (including phenoxy) is 2. The Balaban J connectivity index is 1.43. The molecule has 0 saturated carbocycles. The Bertz CT molecular complexity index is 1420. The lowest BCUT2D eigenvalue weighted by Gasteiger charge is -2.49. The molecule has 0 aliphatic carbocycles. The highest BCUT2D eigenvalue weighted by atomic mass is 28.4. The summed E-state index contributed by atoms with van der Waals surface area (Å²) in [7, 11) is -2.02. The van der Waals surface area contributed by atoms with Gasteiger partial charge in [0.25, 0.3) is 0 Å². The lowest BCUT2D eigenvalue weighted by atomic mass is 9.77. The van der Waals surface area contributed by atoms with Crippen molar-refractivity contribution in [2.45, 2.75) is 77.4 Å². The Hall–Kier alpha value is -3.07. The van der Waals surface area contributed by atoms with E-state index in [1.54, 1.807) is 29.2 Å². The molecule has 3 aromatic rings. The molecule has 2 aliphatic heterocycles. The van der Waals surface area contributed by atoms with Crippen molar-refractivity contribution < 1.29 is 27.5 Å². The number of hydrogen-bond acceptors (Lipinski definition) is 4. The first-order valence-electron chi connectivity index (χ1n) is 15.0. The first-order chi connectivity index (χ1) is 20.1. The van der Waals surface area contributed by atoms with Gasteiger partial charge in [-0.25, -0.2) is 8.78 Å². The highest BCUT2D eigenvalue weighted by Crippen LogP contribution is 2.49. The molecular weight excluding hydrogens is 564 g/mol. The van der Waals surface area contributed by atoms with Gasteiger partial charge in [0.05, 0.1) is 25.2 Å². The summed E-state index contributed by atoms with van der Waals surface area (Å²) >= 11 is 0. The molecule has 2 heterocycles. The van der Waals surface area contributed by atoms with E-state index in [-0.39, 0.29) is 40.0 Å². The first kappa shape index (κ1) is 31.4. The van der Waals surface area contributed by atoms with Gasteiger partial charge in [-0.05, 0) is 78.6 Å². The first-order valence-corrected chi connectivity index (χ1v) is 17.9. The van der Waals surface area contributed by atoms with Crippen LogP contribution in [0.25, 0.3) is 0 Å². The Morgan fingerprint density at radius 1 is 0.884 bits per heavy atom. The number of benzene rings is 3. The zero-order chi connectivity index (χ0) is 31.2. The maximum Gasteiger partial charge on any atom is 0.250 e. The highest BCUT2D eigenvalue weighted by Gasteiger charge is 2.51. The molecule has 230 valence electrons. The van der Waals surface area contributed by atoms with Gasteiger partial charge >= 0.3 is 0 Å². The standard InChI is InChI=1S/C35H43F2NO4Si/c1-33(2,3)43(6,7)42-29-18-8-24(9-19-29)31-30(32(39)38(31)28-16-14-27(37)15-17-28)20-21-35(25-10-12-26(36)13-11-25)40-22-34(4,5)23-41-35/h8-19,30-31H,20-23H2,1-7H3/t30-,31+/m1/s1. The van der Waals surface area contributed by atoms with E-state index in [2.05, 4.69) is 47.7 Å². The normalized spacial score (nSPS) is 21.8. The Morgan fingerprint density at radius 2 is 1.42 bits per heavy atom. The zero-order valence-corrected chi connectivity index (χ0v) is 27.2. The Morgan fingerprint density at radius 3 is 1.95 bits per heavy atom. The number of amides is 1. The van der Waals surface area contributed by atoms with Crippen LogP contribution in [-0.2, 0) is 20.1 Å². The number of rotatable bonds is 8. The van der Waals surface area contributed by atoms with Crippen LogP contribution in [-0.4, -0.2) is 27.4 Å². The van der Waals surface area contributed by atoms with E-state index < -0.39 is 14.1 Å². The number of carbonyl (C=O) groups is 1. The van der Waals surface area contributed by atoms with E-state index >= 15 is 0 Å². The number of anilines is 1. The number of β-lactam (4-membered cyclic amide) rings is 1. The quantitative estimate of drug-likeness (QED) is 0.190. The van der Waals surface area contributed by atoms with E-state index in [1.807, 2.05) is 24.3 Å². The molecule has 0 spiro atoms. The van der Waals surface area contributed by atoms with Gasteiger partial charge in [-0.2, -0.15) is 0 Å². The average molecular weight is 608 g/mol. The van der Waals surface area contributed by atoms with Crippen molar-refractivity contribution in [1.82, 2.24) is 0 Å². The summed E-state index contributed by atoms with van der Waals surface area (Å²) in [4.78, 5) is 15.5. The third kappa shape index (κ3) is 6.42. The molecule has 0 N–H and O–H groups in total. The van der Waals surface area contributed by atoms with E-state index in [9.17, 15) is 13.6 Å².